The summed E-state index contributed by atoms with van der Waals surface area (Å²) in [5.41, 5.74) is 0. The van der Waals surface area contributed by atoms with Crippen LogP contribution >= 0.6 is 22.7 Å². The normalized spacial score (nSPS) is 18.2. The smallest absolute Gasteiger partial charge is 0.230 e. The Morgan fingerprint density at radius 3 is 2.64 bits per heavy atom. The number of thiazole rings is 1. The molecule has 0 unspecified atom stereocenters. The third kappa shape index (κ3) is 3.08. The highest BCUT2D eigenvalue weighted by Crippen LogP contribution is 2.41. The van der Waals surface area contributed by atoms with E-state index in [2.05, 4.69) is 44.3 Å². The van der Waals surface area contributed by atoms with E-state index in [0.717, 1.165) is 54.8 Å². The van der Waals surface area contributed by atoms with Gasteiger partial charge in [-0.25, -0.2) is 4.98 Å². The Labute approximate surface area is 155 Å². The summed E-state index contributed by atoms with van der Waals surface area (Å²) in [5, 5.41) is 17.4. The Bertz CT molecular complexity index is 833. The van der Waals surface area contributed by atoms with Crippen LogP contribution in [0.5, 0.6) is 5.88 Å². The van der Waals surface area contributed by atoms with Crippen LogP contribution in [-0.2, 0) is 6.42 Å². The molecular weight excluding hydrogens is 354 g/mol. The van der Waals surface area contributed by atoms with Gasteiger partial charge in [-0.2, -0.15) is 4.52 Å². The third-order valence-electron chi connectivity index (χ3n) is 4.84. The molecule has 3 aromatic heterocycles. The molecule has 0 amide bonds. The molecule has 25 heavy (non-hydrogen) atoms. The van der Waals surface area contributed by atoms with E-state index >= 15 is 0 Å². The summed E-state index contributed by atoms with van der Waals surface area (Å²) in [6.07, 6.45) is 0.774. The number of likely N-dealkylation sites (N-methyl/N-ethyl adjacent to an activating group) is 1. The fraction of sp³-hybridized carbons (Fsp3) is 0.529. The molecule has 3 aromatic rings. The SMILES string of the molecule is CCc1nc2sc([C@H](c3cccs3)N3CCN(CC)CC3)c(O)n2n1. The zero-order chi connectivity index (χ0) is 17.4. The van der Waals surface area contributed by atoms with E-state index in [9.17, 15) is 5.11 Å². The average molecular weight is 378 g/mol. The molecule has 4 heterocycles. The highest BCUT2D eigenvalue weighted by molar-refractivity contribution is 7.17. The molecule has 0 saturated carbocycles. The van der Waals surface area contributed by atoms with Crippen molar-refractivity contribution in [3.05, 3.63) is 33.1 Å². The van der Waals surface area contributed by atoms with Crippen LogP contribution in [-0.4, -0.2) is 62.2 Å². The number of hydrogen-bond acceptors (Lipinski definition) is 7. The lowest BCUT2D eigenvalue weighted by molar-refractivity contribution is 0.114. The second kappa shape index (κ2) is 7.03. The number of piperazine rings is 1. The highest BCUT2D eigenvalue weighted by atomic mass is 32.1. The number of aryl methyl sites for hydroxylation is 1. The maximum atomic E-state index is 10.8. The zero-order valence-corrected chi connectivity index (χ0v) is 16.2. The van der Waals surface area contributed by atoms with Gasteiger partial charge in [0.1, 0.15) is 0 Å². The average Bonchev–Trinajstić information content (AvgIpc) is 3.35. The van der Waals surface area contributed by atoms with Crippen LogP contribution in [0, 0.1) is 0 Å². The Hall–Kier alpha value is -1.48. The van der Waals surface area contributed by atoms with E-state index in [1.165, 1.54) is 4.88 Å². The van der Waals surface area contributed by atoms with Crippen LogP contribution < -0.4 is 0 Å². The van der Waals surface area contributed by atoms with Crippen molar-refractivity contribution in [2.75, 3.05) is 32.7 Å². The van der Waals surface area contributed by atoms with Gasteiger partial charge in [-0.05, 0) is 18.0 Å². The molecule has 1 aliphatic heterocycles. The predicted octanol–water partition coefficient (Wildman–Crippen LogP) is 2.85. The lowest BCUT2D eigenvalue weighted by atomic mass is 10.1. The molecule has 0 aliphatic carbocycles. The van der Waals surface area contributed by atoms with E-state index in [1.807, 2.05) is 6.92 Å². The van der Waals surface area contributed by atoms with Crippen molar-refractivity contribution < 1.29 is 5.11 Å². The molecule has 1 saturated heterocycles. The summed E-state index contributed by atoms with van der Waals surface area (Å²) in [5.74, 6) is 1.01. The lowest BCUT2D eigenvalue weighted by Gasteiger charge is -2.38. The van der Waals surface area contributed by atoms with Crippen molar-refractivity contribution in [3.8, 4) is 5.88 Å². The third-order valence-corrected chi connectivity index (χ3v) is 6.84. The second-order valence-corrected chi connectivity index (χ2v) is 8.24. The van der Waals surface area contributed by atoms with Crippen molar-refractivity contribution in [2.24, 2.45) is 0 Å². The monoisotopic (exact) mass is 377 g/mol. The first-order valence-electron chi connectivity index (χ1n) is 8.78. The minimum atomic E-state index is 0.0811. The van der Waals surface area contributed by atoms with Crippen LogP contribution in [0.3, 0.4) is 0 Å². The molecule has 1 N–H and O–H groups in total. The van der Waals surface area contributed by atoms with Gasteiger partial charge in [0.05, 0.1) is 10.9 Å². The molecule has 1 fully saturated rings. The summed E-state index contributed by atoms with van der Waals surface area (Å²) >= 11 is 3.30. The number of rotatable bonds is 5. The lowest BCUT2D eigenvalue weighted by Crippen LogP contribution is -2.47. The molecule has 0 spiro atoms. The largest absolute Gasteiger partial charge is 0.492 e. The second-order valence-electron chi connectivity index (χ2n) is 6.25. The van der Waals surface area contributed by atoms with Crippen molar-refractivity contribution in [3.63, 3.8) is 0 Å². The topological polar surface area (TPSA) is 56.9 Å². The first-order chi connectivity index (χ1) is 12.2. The van der Waals surface area contributed by atoms with Gasteiger partial charge in [-0.15, -0.1) is 16.4 Å². The van der Waals surface area contributed by atoms with Crippen molar-refractivity contribution in [2.45, 2.75) is 26.3 Å². The Balaban J connectivity index is 1.71. The van der Waals surface area contributed by atoms with Gasteiger partial charge in [0.2, 0.25) is 10.8 Å². The summed E-state index contributed by atoms with van der Waals surface area (Å²) in [6.45, 7) is 9.48. The summed E-state index contributed by atoms with van der Waals surface area (Å²) in [7, 11) is 0. The summed E-state index contributed by atoms with van der Waals surface area (Å²) in [4.78, 5) is 12.5. The van der Waals surface area contributed by atoms with Crippen LogP contribution in [0.15, 0.2) is 17.5 Å². The Morgan fingerprint density at radius 2 is 2.04 bits per heavy atom. The molecule has 1 atom stereocenters. The summed E-state index contributed by atoms with van der Waals surface area (Å²) < 4.78 is 1.60. The molecule has 6 nitrogen and oxygen atoms in total. The number of thiophene rings is 1. The number of fused-ring (bicyclic) bond motifs is 1. The highest BCUT2D eigenvalue weighted by Gasteiger charge is 2.32. The van der Waals surface area contributed by atoms with Gasteiger partial charge in [0.15, 0.2) is 5.82 Å². The van der Waals surface area contributed by atoms with Gasteiger partial charge in [-0.3, -0.25) is 4.90 Å². The number of hydrogen-bond donors (Lipinski definition) is 1. The fourth-order valence-electron chi connectivity index (χ4n) is 3.38. The Morgan fingerprint density at radius 1 is 1.24 bits per heavy atom. The van der Waals surface area contributed by atoms with E-state index in [0.29, 0.717) is 0 Å². The van der Waals surface area contributed by atoms with Crippen molar-refractivity contribution in [1.29, 1.82) is 0 Å². The molecule has 0 radical (unpaired) electrons. The Kier molecular flexibility index (Phi) is 4.77. The van der Waals surface area contributed by atoms with Crippen molar-refractivity contribution in [1.82, 2.24) is 24.4 Å². The van der Waals surface area contributed by atoms with Gasteiger partial charge in [0.25, 0.3) is 0 Å². The molecule has 8 heteroatoms. The molecular formula is C17H23N5OS2. The first-order valence-corrected chi connectivity index (χ1v) is 10.5. The number of nitrogens with zero attached hydrogens (tertiary/aromatic N) is 5. The van der Waals surface area contributed by atoms with Gasteiger partial charge < -0.3 is 10.0 Å². The molecule has 0 aromatic carbocycles. The van der Waals surface area contributed by atoms with Crippen molar-refractivity contribution >= 4 is 27.6 Å². The molecule has 0 bridgehead atoms. The minimum Gasteiger partial charge on any atom is -0.492 e. The molecule has 1 aliphatic rings. The van der Waals surface area contributed by atoms with Crippen LogP contribution in [0.4, 0.5) is 0 Å². The molecule has 4 rings (SSSR count). The minimum absolute atomic E-state index is 0.0811. The number of aromatic nitrogens is 3. The quantitative estimate of drug-likeness (QED) is 0.741. The zero-order valence-electron chi connectivity index (χ0n) is 14.6. The van der Waals surface area contributed by atoms with E-state index in [4.69, 9.17) is 0 Å². The van der Waals surface area contributed by atoms with E-state index < -0.39 is 0 Å². The van der Waals surface area contributed by atoms with E-state index in [-0.39, 0.29) is 11.9 Å². The summed E-state index contributed by atoms with van der Waals surface area (Å²) in [6, 6.07) is 4.32. The predicted molar refractivity (Wildman–Crippen MR) is 102 cm³/mol. The van der Waals surface area contributed by atoms with Gasteiger partial charge in [0, 0.05) is 37.5 Å². The number of aromatic hydroxyl groups is 1. The molecule has 134 valence electrons. The standard InChI is InChI=1S/C17H23N5OS2/c1-3-13-18-17-22(19-13)16(23)15(25-17)14(12-6-5-11-24-12)21-9-7-20(4-2)8-10-21/h5-6,11,14,23H,3-4,7-10H2,1-2H3/t14-/m0/s1. The maximum Gasteiger partial charge on any atom is 0.230 e. The maximum absolute atomic E-state index is 10.8. The van der Waals surface area contributed by atoms with Crippen LogP contribution in [0.25, 0.3) is 4.96 Å². The fourth-order valence-corrected chi connectivity index (χ4v) is 5.45. The van der Waals surface area contributed by atoms with Gasteiger partial charge in [-0.1, -0.05) is 31.3 Å². The van der Waals surface area contributed by atoms with E-state index in [1.54, 1.807) is 27.2 Å². The first kappa shape index (κ1) is 17.0. The van der Waals surface area contributed by atoms with Crippen LogP contribution in [0.2, 0.25) is 0 Å². The van der Waals surface area contributed by atoms with Crippen LogP contribution in [0.1, 0.15) is 35.5 Å². The van der Waals surface area contributed by atoms with Gasteiger partial charge >= 0.3 is 0 Å².